The van der Waals surface area contributed by atoms with E-state index in [1.807, 2.05) is 0 Å². The fourth-order valence-electron chi connectivity index (χ4n) is 2.38. The molecule has 0 radical (unpaired) electrons. The molecule has 0 aromatic carbocycles. The van der Waals surface area contributed by atoms with Crippen LogP contribution < -0.4 is 5.32 Å². The van der Waals surface area contributed by atoms with E-state index in [1.165, 1.54) is 6.07 Å². The maximum atomic E-state index is 11.1. The molecule has 2 rings (SSSR count). The summed E-state index contributed by atoms with van der Waals surface area (Å²) < 4.78 is 0.617. The Bertz CT molecular complexity index is 473. The molecule has 1 heterocycles. The summed E-state index contributed by atoms with van der Waals surface area (Å²) in [5, 5.41) is 22.5. The minimum atomic E-state index is -1.04. The average Bonchev–Trinajstić information content (AvgIpc) is 2.38. The molecule has 0 unspecified atom stereocenters. The van der Waals surface area contributed by atoms with E-state index in [4.69, 9.17) is 5.11 Å². The quantitative estimate of drug-likeness (QED) is 0.791. The second-order valence-electron chi connectivity index (χ2n) is 4.99. The lowest BCUT2D eigenvalue weighted by molar-refractivity contribution is 0.0166. The van der Waals surface area contributed by atoms with E-state index < -0.39 is 11.6 Å². The molecule has 1 aliphatic carbocycles. The number of carbonyl (C=O) groups is 1. The summed E-state index contributed by atoms with van der Waals surface area (Å²) in [7, 11) is 0. The summed E-state index contributed by atoms with van der Waals surface area (Å²) in [6, 6.07) is 1.50. The van der Waals surface area contributed by atoms with Crippen molar-refractivity contribution in [3.05, 3.63) is 22.3 Å². The van der Waals surface area contributed by atoms with Crippen LogP contribution in [0.3, 0.4) is 0 Å². The number of carboxylic acids is 1. The van der Waals surface area contributed by atoms with E-state index in [2.05, 4.69) is 26.2 Å². The molecule has 0 spiro atoms. The van der Waals surface area contributed by atoms with Gasteiger partial charge in [0, 0.05) is 17.2 Å². The molecule has 0 bridgehead atoms. The first-order valence-electron chi connectivity index (χ1n) is 6.35. The van der Waals surface area contributed by atoms with E-state index in [-0.39, 0.29) is 5.56 Å². The van der Waals surface area contributed by atoms with E-state index in [0.29, 0.717) is 16.8 Å². The Hall–Kier alpha value is -1.14. The number of anilines is 1. The van der Waals surface area contributed by atoms with Crippen molar-refractivity contribution < 1.29 is 15.0 Å². The molecule has 0 atom stereocenters. The van der Waals surface area contributed by atoms with Crippen molar-refractivity contribution in [3.8, 4) is 0 Å². The summed E-state index contributed by atoms with van der Waals surface area (Å²) >= 11 is 3.20. The maximum absolute atomic E-state index is 11.1. The van der Waals surface area contributed by atoms with Crippen LogP contribution >= 0.6 is 15.9 Å². The van der Waals surface area contributed by atoms with Crippen LogP contribution in [-0.4, -0.2) is 33.3 Å². The molecule has 5 nitrogen and oxygen atoms in total. The van der Waals surface area contributed by atoms with Gasteiger partial charge in [0.15, 0.2) is 0 Å². The molecule has 6 heteroatoms. The number of nitrogens with zero attached hydrogens (tertiary/aromatic N) is 1. The molecule has 104 valence electrons. The Morgan fingerprint density at radius 3 is 2.74 bits per heavy atom. The number of nitrogens with one attached hydrogen (secondary N) is 1. The van der Waals surface area contributed by atoms with Crippen LogP contribution in [0.1, 0.15) is 42.5 Å². The SMILES string of the molecule is O=C(O)c1cc(Br)cnc1NCC1(O)CCCCC1. The molecule has 1 aromatic rings. The lowest BCUT2D eigenvalue weighted by Gasteiger charge is -2.32. The summed E-state index contributed by atoms with van der Waals surface area (Å²) in [5.74, 6) is -0.735. The van der Waals surface area contributed by atoms with Crippen molar-refractivity contribution >= 4 is 27.7 Å². The number of aromatic carboxylic acids is 1. The number of aromatic nitrogens is 1. The van der Waals surface area contributed by atoms with Crippen LogP contribution in [0.5, 0.6) is 0 Å². The predicted molar refractivity (Wildman–Crippen MR) is 75.4 cm³/mol. The largest absolute Gasteiger partial charge is 0.478 e. The fraction of sp³-hybridized carbons (Fsp3) is 0.538. The zero-order chi connectivity index (χ0) is 13.9. The zero-order valence-electron chi connectivity index (χ0n) is 10.5. The summed E-state index contributed by atoms with van der Waals surface area (Å²) in [5.41, 5.74) is -0.642. The van der Waals surface area contributed by atoms with Gasteiger partial charge in [-0.25, -0.2) is 9.78 Å². The highest BCUT2D eigenvalue weighted by Crippen LogP contribution is 2.28. The lowest BCUT2D eigenvalue weighted by Crippen LogP contribution is -2.39. The molecule has 1 fully saturated rings. The average molecular weight is 329 g/mol. The van der Waals surface area contributed by atoms with Gasteiger partial charge in [-0.3, -0.25) is 0 Å². The van der Waals surface area contributed by atoms with Crippen molar-refractivity contribution in [2.75, 3.05) is 11.9 Å². The van der Waals surface area contributed by atoms with Crippen LogP contribution in [0.2, 0.25) is 0 Å². The molecular weight excluding hydrogens is 312 g/mol. The number of rotatable bonds is 4. The first-order chi connectivity index (χ1) is 9.00. The van der Waals surface area contributed by atoms with Gasteiger partial charge in [0.1, 0.15) is 11.4 Å². The van der Waals surface area contributed by atoms with Crippen molar-refractivity contribution in [2.45, 2.75) is 37.7 Å². The highest BCUT2D eigenvalue weighted by molar-refractivity contribution is 9.10. The minimum absolute atomic E-state index is 0.105. The van der Waals surface area contributed by atoms with Gasteiger partial charge in [-0.15, -0.1) is 0 Å². The molecule has 0 amide bonds. The van der Waals surface area contributed by atoms with Gasteiger partial charge in [-0.2, -0.15) is 0 Å². The normalized spacial score (nSPS) is 18.0. The van der Waals surface area contributed by atoms with Crippen molar-refractivity contribution in [1.82, 2.24) is 4.98 Å². The molecule has 0 saturated heterocycles. The predicted octanol–water partition coefficient (Wildman–Crippen LogP) is 2.65. The fourth-order valence-corrected chi connectivity index (χ4v) is 2.71. The molecular formula is C13H17BrN2O3. The van der Waals surface area contributed by atoms with Gasteiger partial charge in [0.2, 0.25) is 0 Å². The van der Waals surface area contributed by atoms with Crippen molar-refractivity contribution in [3.63, 3.8) is 0 Å². The summed E-state index contributed by atoms with van der Waals surface area (Å²) in [4.78, 5) is 15.2. The number of halogens is 1. The third kappa shape index (κ3) is 3.67. The number of pyridine rings is 1. The van der Waals surface area contributed by atoms with E-state index in [0.717, 1.165) is 32.1 Å². The molecule has 1 aromatic heterocycles. The van der Waals surface area contributed by atoms with Crippen molar-refractivity contribution in [1.29, 1.82) is 0 Å². The highest BCUT2D eigenvalue weighted by Gasteiger charge is 2.29. The maximum Gasteiger partial charge on any atom is 0.339 e. The monoisotopic (exact) mass is 328 g/mol. The zero-order valence-corrected chi connectivity index (χ0v) is 12.1. The number of aliphatic hydroxyl groups is 1. The lowest BCUT2D eigenvalue weighted by atomic mass is 9.85. The standard InChI is InChI=1S/C13H17BrN2O3/c14-9-6-10(12(17)18)11(15-7-9)16-8-13(19)4-2-1-3-5-13/h6-7,19H,1-5,8H2,(H,15,16)(H,17,18). The Kier molecular flexibility index (Phi) is 4.42. The second kappa shape index (κ2) is 5.88. The van der Waals surface area contributed by atoms with Crippen LogP contribution in [0.4, 0.5) is 5.82 Å². The summed E-state index contributed by atoms with van der Waals surface area (Å²) in [6.07, 6.45) is 6.21. The molecule has 1 aliphatic rings. The van der Waals surface area contributed by atoms with Crippen LogP contribution in [-0.2, 0) is 0 Å². The topological polar surface area (TPSA) is 82.5 Å². The Balaban J connectivity index is 2.08. The second-order valence-corrected chi connectivity index (χ2v) is 5.91. The van der Waals surface area contributed by atoms with E-state index in [1.54, 1.807) is 6.20 Å². The van der Waals surface area contributed by atoms with Gasteiger partial charge in [0.05, 0.1) is 5.60 Å². The van der Waals surface area contributed by atoms with E-state index in [9.17, 15) is 9.90 Å². The summed E-state index contributed by atoms with van der Waals surface area (Å²) in [6.45, 7) is 0.335. The van der Waals surface area contributed by atoms with Gasteiger partial charge in [-0.1, -0.05) is 19.3 Å². The Morgan fingerprint density at radius 1 is 1.42 bits per heavy atom. The third-order valence-electron chi connectivity index (χ3n) is 3.45. The van der Waals surface area contributed by atoms with Gasteiger partial charge < -0.3 is 15.5 Å². The van der Waals surface area contributed by atoms with Crippen LogP contribution in [0.15, 0.2) is 16.7 Å². The smallest absolute Gasteiger partial charge is 0.339 e. The first-order valence-corrected chi connectivity index (χ1v) is 7.15. The van der Waals surface area contributed by atoms with Crippen molar-refractivity contribution in [2.24, 2.45) is 0 Å². The number of hydrogen-bond donors (Lipinski definition) is 3. The Morgan fingerprint density at radius 2 is 2.11 bits per heavy atom. The highest BCUT2D eigenvalue weighted by atomic mass is 79.9. The minimum Gasteiger partial charge on any atom is -0.478 e. The van der Waals surface area contributed by atoms with Crippen LogP contribution in [0, 0.1) is 0 Å². The number of hydrogen-bond acceptors (Lipinski definition) is 4. The van der Waals surface area contributed by atoms with Gasteiger partial charge >= 0.3 is 5.97 Å². The molecule has 19 heavy (non-hydrogen) atoms. The molecule has 0 aliphatic heterocycles. The first kappa shape index (κ1) is 14.3. The van der Waals surface area contributed by atoms with Gasteiger partial charge in [0.25, 0.3) is 0 Å². The van der Waals surface area contributed by atoms with E-state index >= 15 is 0 Å². The molecule has 3 N–H and O–H groups in total. The molecule has 1 saturated carbocycles. The number of carboxylic acid groups (broad SMARTS) is 1. The Labute approximate surface area is 120 Å². The van der Waals surface area contributed by atoms with Crippen LogP contribution in [0.25, 0.3) is 0 Å². The van der Waals surface area contributed by atoms with Gasteiger partial charge in [-0.05, 0) is 34.8 Å². The third-order valence-corrected chi connectivity index (χ3v) is 3.89.